The molecule has 6 nitrogen and oxygen atoms in total. The Morgan fingerprint density at radius 1 is 1.00 bits per heavy atom. The van der Waals surface area contributed by atoms with Crippen molar-refractivity contribution in [2.24, 2.45) is 0 Å². The van der Waals surface area contributed by atoms with Gasteiger partial charge >= 0.3 is 0 Å². The molecular weight excluding hydrogens is 388 g/mol. The fraction of sp³-hybridized carbons (Fsp3) is 0.111. The highest BCUT2D eigenvalue weighted by Gasteiger charge is 2.11. The summed E-state index contributed by atoms with van der Waals surface area (Å²) in [7, 11) is 0. The van der Waals surface area contributed by atoms with Crippen molar-refractivity contribution < 1.29 is 19.1 Å². The third-order valence-corrected chi connectivity index (χ3v) is 4.10. The van der Waals surface area contributed by atoms with Gasteiger partial charge < -0.3 is 9.47 Å². The first kappa shape index (κ1) is 17.0. The lowest BCUT2D eigenvalue weighted by atomic mass is 10.2. The van der Waals surface area contributed by atoms with E-state index < -0.39 is 11.8 Å². The molecular formula is C18H15BrN2O4. The first-order chi connectivity index (χ1) is 12.1. The van der Waals surface area contributed by atoms with Crippen molar-refractivity contribution in [3.8, 4) is 11.5 Å². The molecule has 1 aliphatic rings. The van der Waals surface area contributed by atoms with E-state index in [0.717, 1.165) is 5.56 Å². The standard InChI is InChI=1S/C18H15BrN2O4/c19-14-4-2-1-3-13(14)18(23)21-20-17(22)8-6-12-5-7-15-16(11-12)25-10-9-24-15/h1-8,11H,9-10H2,(H,20,22)(H,21,23)/b8-6+. The van der Waals surface area contributed by atoms with Crippen LogP contribution in [0.25, 0.3) is 6.08 Å². The summed E-state index contributed by atoms with van der Waals surface area (Å²) in [5.74, 6) is 0.480. The predicted octanol–water partition coefficient (Wildman–Crippen LogP) is 2.69. The second-order valence-corrected chi connectivity index (χ2v) is 6.01. The number of ether oxygens (including phenoxy) is 2. The van der Waals surface area contributed by atoms with E-state index in [0.29, 0.717) is 34.7 Å². The lowest BCUT2D eigenvalue weighted by molar-refractivity contribution is -0.117. The first-order valence-corrected chi connectivity index (χ1v) is 8.35. The highest BCUT2D eigenvalue weighted by atomic mass is 79.9. The number of carbonyl (C=O) groups is 2. The Morgan fingerprint density at radius 3 is 2.56 bits per heavy atom. The number of amides is 2. The highest BCUT2D eigenvalue weighted by molar-refractivity contribution is 9.10. The molecule has 0 aromatic heterocycles. The Balaban J connectivity index is 1.56. The van der Waals surface area contributed by atoms with E-state index in [-0.39, 0.29) is 0 Å². The molecule has 3 rings (SSSR count). The molecule has 2 N–H and O–H groups in total. The van der Waals surface area contributed by atoms with Gasteiger partial charge in [-0.25, -0.2) is 0 Å². The van der Waals surface area contributed by atoms with Crippen molar-refractivity contribution >= 4 is 33.8 Å². The summed E-state index contributed by atoms with van der Waals surface area (Å²) in [5.41, 5.74) is 5.92. The van der Waals surface area contributed by atoms with Crippen molar-refractivity contribution in [2.45, 2.75) is 0 Å². The quantitative estimate of drug-likeness (QED) is 0.611. The molecule has 1 aliphatic heterocycles. The fourth-order valence-electron chi connectivity index (χ4n) is 2.21. The minimum atomic E-state index is -0.449. The minimum Gasteiger partial charge on any atom is -0.486 e. The molecule has 0 radical (unpaired) electrons. The number of fused-ring (bicyclic) bond motifs is 1. The van der Waals surface area contributed by atoms with Crippen molar-refractivity contribution in [1.29, 1.82) is 0 Å². The molecule has 2 aromatic carbocycles. The summed E-state index contributed by atoms with van der Waals surface area (Å²) in [6.45, 7) is 1.03. The molecule has 25 heavy (non-hydrogen) atoms. The van der Waals surface area contributed by atoms with Crippen LogP contribution in [0.3, 0.4) is 0 Å². The molecule has 0 fully saturated rings. The van der Waals surface area contributed by atoms with Gasteiger partial charge in [-0.1, -0.05) is 18.2 Å². The zero-order chi connectivity index (χ0) is 17.6. The Morgan fingerprint density at radius 2 is 1.76 bits per heavy atom. The molecule has 0 unspecified atom stereocenters. The number of hydrogen-bond acceptors (Lipinski definition) is 4. The van der Waals surface area contributed by atoms with E-state index in [1.165, 1.54) is 6.08 Å². The number of halogens is 1. The topological polar surface area (TPSA) is 76.7 Å². The number of carbonyl (C=O) groups excluding carboxylic acids is 2. The average Bonchev–Trinajstić information content (AvgIpc) is 2.64. The van der Waals surface area contributed by atoms with Gasteiger partial charge in [0.1, 0.15) is 13.2 Å². The van der Waals surface area contributed by atoms with Crippen LogP contribution >= 0.6 is 15.9 Å². The average molecular weight is 403 g/mol. The van der Waals surface area contributed by atoms with Gasteiger partial charge in [-0.15, -0.1) is 0 Å². The van der Waals surface area contributed by atoms with Gasteiger partial charge in [0.2, 0.25) is 0 Å². The van der Waals surface area contributed by atoms with Crippen molar-refractivity contribution in [3.63, 3.8) is 0 Å². The zero-order valence-electron chi connectivity index (χ0n) is 13.1. The summed E-state index contributed by atoms with van der Waals surface area (Å²) in [4.78, 5) is 23.8. The maximum absolute atomic E-state index is 12.0. The normalized spacial score (nSPS) is 12.7. The van der Waals surface area contributed by atoms with Crippen molar-refractivity contribution in [1.82, 2.24) is 10.9 Å². The highest BCUT2D eigenvalue weighted by Crippen LogP contribution is 2.31. The van der Waals surface area contributed by atoms with Gasteiger partial charge in [0.25, 0.3) is 11.8 Å². The lowest BCUT2D eigenvalue weighted by Crippen LogP contribution is -2.40. The van der Waals surface area contributed by atoms with Crippen LogP contribution in [0.5, 0.6) is 11.5 Å². The third kappa shape index (κ3) is 4.39. The second kappa shape index (κ2) is 7.85. The number of rotatable bonds is 3. The summed E-state index contributed by atoms with van der Waals surface area (Å²) < 4.78 is 11.6. The van der Waals surface area contributed by atoms with E-state index in [2.05, 4.69) is 26.8 Å². The Labute approximate surface area is 152 Å². The Hall–Kier alpha value is -2.80. The van der Waals surface area contributed by atoms with Crippen molar-refractivity contribution in [2.75, 3.05) is 13.2 Å². The summed E-state index contributed by atoms with van der Waals surface area (Å²) in [6.07, 6.45) is 2.95. The van der Waals surface area contributed by atoms with E-state index in [9.17, 15) is 9.59 Å². The van der Waals surface area contributed by atoms with Gasteiger partial charge in [-0.3, -0.25) is 20.4 Å². The Bertz CT molecular complexity index is 836. The summed E-state index contributed by atoms with van der Waals surface area (Å²) in [5, 5.41) is 0. The van der Waals surface area contributed by atoms with Crippen LogP contribution in [-0.2, 0) is 4.79 Å². The second-order valence-electron chi connectivity index (χ2n) is 5.16. The molecule has 0 saturated carbocycles. The third-order valence-electron chi connectivity index (χ3n) is 3.41. The van der Waals surface area contributed by atoms with Gasteiger partial charge in [0.15, 0.2) is 11.5 Å². The van der Waals surface area contributed by atoms with Crippen LogP contribution in [0, 0.1) is 0 Å². The van der Waals surface area contributed by atoms with E-state index in [1.54, 1.807) is 42.5 Å². The van der Waals surface area contributed by atoms with Crippen LogP contribution < -0.4 is 20.3 Å². The molecule has 2 aromatic rings. The number of nitrogens with one attached hydrogen (secondary N) is 2. The monoisotopic (exact) mass is 402 g/mol. The number of benzene rings is 2. The summed E-state index contributed by atoms with van der Waals surface area (Å²) in [6, 6.07) is 12.3. The van der Waals surface area contributed by atoms with Gasteiger partial charge in [0.05, 0.1) is 5.56 Å². The zero-order valence-corrected chi connectivity index (χ0v) is 14.7. The molecule has 0 bridgehead atoms. The van der Waals surface area contributed by atoms with Gasteiger partial charge in [-0.05, 0) is 51.8 Å². The van der Waals surface area contributed by atoms with E-state index in [4.69, 9.17) is 9.47 Å². The molecule has 7 heteroatoms. The van der Waals surface area contributed by atoms with Crippen molar-refractivity contribution in [3.05, 3.63) is 64.1 Å². The minimum absolute atomic E-state index is 0.409. The smallest absolute Gasteiger partial charge is 0.270 e. The van der Waals surface area contributed by atoms with Crippen LogP contribution in [0.15, 0.2) is 53.0 Å². The first-order valence-electron chi connectivity index (χ1n) is 7.56. The maximum Gasteiger partial charge on any atom is 0.270 e. The Kier molecular flexibility index (Phi) is 5.35. The molecule has 0 saturated heterocycles. The summed E-state index contributed by atoms with van der Waals surface area (Å²) >= 11 is 3.29. The molecule has 1 heterocycles. The maximum atomic E-state index is 12.0. The molecule has 2 amide bonds. The largest absolute Gasteiger partial charge is 0.486 e. The van der Waals surface area contributed by atoms with E-state index in [1.807, 2.05) is 6.07 Å². The molecule has 0 aliphatic carbocycles. The van der Waals surface area contributed by atoms with Gasteiger partial charge in [0, 0.05) is 10.5 Å². The predicted molar refractivity (Wildman–Crippen MR) is 96.2 cm³/mol. The van der Waals surface area contributed by atoms with Gasteiger partial charge in [-0.2, -0.15) is 0 Å². The van der Waals surface area contributed by atoms with Crippen LogP contribution in [0.4, 0.5) is 0 Å². The number of hydrogen-bond donors (Lipinski definition) is 2. The van der Waals surface area contributed by atoms with Crippen LogP contribution in [-0.4, -0.2) is 25.0 Å². The number of hydrazine groups is 1. The molecule has 0 spiro atoms. The molecule has 0 atom stereocenters. The molecule has 128 valence electrons. The van der Waals surface area contributed by atoms with Crippen LogP contribution in [0.1, 0.15) is 15.9 Å². The van der Waals surface area contributed by atoms with E-state index >= 15 is 0 Å². The lowest BCUT2D eigenvalue weighted by Gasteiger charge is -2.18. The van der Waals surface area contributed by atoms with Crippen LogP contribution in [0.2, 0.25) is 0 Å². The SMILES string of the molecule is O=C(/C=C/c1ccc2c(c1)OCCO2)NNC(=O)c1ccccc1Br. The fourth-order valence-corrected chi connectivity index (χ4v) is 2.67.